The summed E-state index contributed by atoms with van der Waals surface area (Å²) < 4.78 is 0. The van der Waals surface area contributed by atoms with Crippen molar-refractivity contribution in [2.45, 2.75) is 59.6 Å². The predicted octanol–water partition coefficient (Wildman–Crippen LogP) is 1.63. The number of rotatable bonds is 8. The molecule has 0 rings (SSSR count). The summed E-state index contributed by atoms with van der Waals surface area (Å²) in [6.45, 7) is 13.7. The third kappa shape index (κ3) is 7.67. The molecule has 1 amide bonds. The molecule has 0 heterocycles. The molecule has 1 atom stereocenters. The number of likely N-dealkylation sites (N-methyl/N-ethyl adjacent to an activating group) is 1. The van der Waals surface area contributed by atoms with Crippen molar-refractivity contribution in [3.05, 3.63) is 0 Å². The molecule has 0 spiro atoms. The van der Waals surface area contributed by atoms with Crippen LogP contribution in [0.25, 0.3) is 0 Å². The van der Waals surface area contributed by atoms with Crippen LogP contribution in [0.4, 0.5) is 0 Å². The molecule has 0 aliphatic carbocycles. The molecule has 108 valence electrons. The van der Waals surface area contributed by atoms with Gasteiger partial charge < -0.3 is 10.4 Å². The number of hydrogen-bond acceptors (Lipinski definition) is 3. The molecule has 0 aromatic carbocycles. The van der Waals surface area contributed by atoms with Crippen LogP contribution in [0.1, 0.15) is 48.0 Å². The standard InChI is InChI=1S/C14H30N2O2/c1-7-16(10-14(5,6)18)12(4)13(17)15-9-8-11(2)3/h11-12,18H,7-10H2,1-6H3,(H,15,17). The van der Waals surface area contributed by atoms with Gasteiger partial charge in [0.2, 0.25) is 5.91 Å². The largest absolute Gasteiger partial charge is 0.389 e. The lowest BCUT2D eigenvalue weighted by Gasteiger charge is -2.32. The Balaban J connectivity index is 4.23. The van der Waals surface area contributed by atoms with Gasteiger partial charge in [-0.2, -0.15) is 0 Å². The fourth-order valence-electron chi connectivity index (χ4n) is 1.82. The highest BCUT2D eigenvalue weighted by atomic mass is 16.3. The first-order valence-corrected chi connectivity index (χ1v) is 6.91. The average molecular weight is 258 g/mol. The summed E-state index contributed by atoms with van der Waals surface area (Å²) >= 11 is 0. The minimum absolute atomic E-state index is 0.0433. The zero-order valence-electron chi connectivity index (χ0n) is 12.8. The summed E-state index contributed by atoms with van der Waals surface area (Å²) in [6.07, 6.45) is 0.996. The number of carbonyl (C=O) groups excluding carboxylic acids is 1. The fourth-order valence-corrected chi connectivity index (χ4v) is 1.82. The highest BCUT2D eigenvalue weighted by Gasteiger charge is 2.25. The molecule has 2 N–H and O–H groups in total. The van der Waals surface area contributed by atoms with Crippen LogP contribution in [0.2, 0.25) is 0 Å². The van der Waals surface area contributed by atoms with E-state index < -0.39 is 5.60 Å². The van der Waals surface area contributed by atoms with E-state index in [0.29, 0.717) is 12.5 Å². The third-order valence-electron chi connectivity index (χ3n) is 2.94. The first-order valence-electron chi connectivity index (χ1n) is 6.91. The smallest absolute Gasteiger partial charge is 0.237 e. The maximum atomic E-state index is 12.0. The zero-order valence-corrected chi connectivity index (χ0v) is 12.8. The van der Waals surface area contributed by atoms with Crippen LogP contribution >= 0.6 is 0 Å². The van der Waals surface area contributed by atoms with E-state index in [2.05, 4.69) is 19.2 Å². The molecule has 0 saturated heterocycles. The Morgan fingerprint density at radius 1 is 1.33 bits per heavy atom. The summed E-state index contributed by atoms with van der Waals surface area (Å²) in [4.78, 5) is 14.0. The Hall–Kier alpha value is -0.610. The maximum absolute atomic E-state index is 12.0. The van der Waals surface area contributed by atoms with E-state index in [0.717, 1.165) is 19.5 Å². The number of hydrogen-bond donors (Lipinski definition) is 2. The van der Waals surface area contributed by atoms with Crippen LogP contribution in [-0.2, 0) is 4.79 Å². The number of aliphatic hydroxyl groups is 1. The van der Waals surface area contributed by atoms with Crippen LogP contribution in [0.3, 0.4) is 0 Å². The molecule has 0 aliphatic heterocycles. The molecule has 0 radical (unpaired) electrons. The summed E-state index contributed by atoms with van der Waals surface area (Å²) in [5.74, 6) is 0.640. The van der Waals surface area contributed by atoms with Gasteiger partial charge in [-0.1, -0.05) is 20.8 Å². The molecule has 0 bridgehead atoms. The van der Waals surface area contributed by atoms with E-state index in [1.54, 1.807) is 13.8 Å². The molecule has 4 heteroatoms. The Labute approximate surface area is 112 Å². The van der Waals surface area contributed by atoms with E-state index in [4.69, 9.17) is 0 Å². The molecule has 1 unspecified atom stereocenters. The average Bonchev–Trinajstić information content (AvgIpc) is 2.23. The van der Waals surface area contributed by atoms with Crippen LogP contribution in [0.15, 0.2) is 0 Å². The first kappa shape index (κ1) is 17.4. The van der Waals surface area contributed by atoms with Crippen LogP contribution in [0, 0.1) is 5.92 Å². The number of amides is 1. The molecule has 0 saturated carbocycles. The number of nitrogens with zero attached hydrogens (tertiary/aromatic N) is 1. The van der Waals surface area contributed by atoms with Gasteiger partial charge in [-0.3, -0.25) is 9.69 Å². The van der Waals surface area contributed by atoms with E-state index >= 15 is 0 Å². The summed E-state index contributed by atoms with van der Waals surface area (Å²) in [5.41, 5.74) is -0.775. The van der Waals surface area contributed by atoms with Gasteiger partial charge in [0.05, 0.1) is 11.6 Å². The zero-order chi connectivity index (χ0) is 14.3. The monoisotopic (exact) mass is 258 g/mol. The van der Waals surface area contributed by atoms with Gasteiger partial charge in [0.25, 0.3) is 0 Å². The van der Waals surface area contributed by atoms with Crippen molar-refractivity contribution in [2.75, 3.05) is 19.6 Å². The lowest BCUT2D eigenvalue weighted by atomic mass is 10.1. The van der Waals surface area contributed by atoms with Crippen LogP contribution < -0.4 is 5.32 Å². The van der Waals surface area contributed by atoms with Gasteiger partial charge in [0.15, 0.2) is 0 Å². The van der Waals surface area contributed by atoms with Gasteiger partial charge in [0.1, 0.15) is 0 Å². The van der Waals surface area contributed by atoms with E-state index in [1.807, 2.05) is 18.7 Å². The third-order valence-corrected chi connectivity index (χ3v) is 2.94. The van der Waals surface area contributed by atoms with Gasteiger partial charge in [-0.05, 0) is 39.7 Å². The highest BCUT2D eigenvalue weighted by molar-refractivity contribution is 5.81. The van der Waals surface area contributed by atoms with Crippen LogP contribution in [-0.4, -0.2) is 47.2 Å². The van der Waals surface area contributed by atoms with E-state index in [1.165, 1.54) is 0 Å². The molecule has 0 fully saturated rings. The normalized spacial score (nSPS) is 14.1. The van der Waals surface area contributed by atoms with Gasteiger partial charge in [-0.25, -0.2) is 0 Å². The summed E-state index contributed by atoms with van der Waals surface area (Å²) in [5, 5.41) is 12.8. The second-order valence-corrected chi connectivity index (χ2v) is 6.03. The Kier molecular flexibility index (Phi) is 7.48. The Morgan fingerprint density at radius 3 is 2.28 bits per heavy atom. The van der Waals surface area contributed by atoms with Gasteiger partial charge in [-0.15, -0.1) is 0 Å². The van der Waals surface area contributed by atoms with E-state index in [-0.39, 0.29) is 11.9 Å². The molecule has 0 aliphatic rings. The van der Waals surface area contributed by atoms with Crippen molar-refractivity contribution in [1.82, 2.24) is 10.2 Å². The highest BCUT2D eigenvalue weighted by Crippen LogP contribution is 2.08. The van der Waals surface area contributed by atoms with Crippen molar-refractivity contribution in [3.8, 4) is 0 Å². The molecule has 0 aromatic heterocycles. The maximum Gasteiger partial charge on any atom is 0.237 e. The van der Waals surface area contributed by atoms with Crippen molar-refractivity contribution in [2.24, 2.45) is 5.92 Å². The topological polar surface area (TPSA) is 52.6 Å². The second kappa shape index (κ2) is 7.74. The first-order chi connectivity index (χ1) is 8.17. The molecular weight excluding hydrogens is 228 g/mol. The van der Waals surface area contributed by atoms with Crippen molar-refractivity contribution >= 4 is 5.91 Å². The minimum atomic E-state index is -0.775. The molecule has 4 nitrogen and oxygen atoms in total. The predicted molar refractivity (Wildman–Crippen MR) is 75.5 cm³/mol. The van der Waals surface area contributed by atoms with Gasteiger partial charge in [0, 0.05) is 13.1 Å². The van der Waals surface area contributed by atoms with Crippen LogP contribution in [0.5, 0.6) is 0 Å². The lowest BCUT2D eigenvalue weighted by molar-refractivity contribution is -0.126. The number of nitrogens with one attached hydrogen (secondary N) is 1. The molecule has 0 aromatic rings. The van der Waals surface area contributed by atoms with Crippen molar-refractivity contribution in [3.63, 3.8) is 0 Å². The summed E-state index contributed by atoms with van der Waals surface area (Å²) in [6, 6.07) is -0.200. The van der Waals surface area contributed by atoms with E-state index in [9.17, 15) is 9.90 Å². The SMILES string of the molecule is CCN(CC(C)(C)O)C(C)C(=O)NCCC(C)C. The molecular formula is C14H30N2O2. The number of carbonyl (C=O) groups is 1. The Bertz CT molecular complexity index is 247. The van der Waals surface area contributed by atoms with Crippen molar-refractivity contribution < 1.29 is 9.90 Å². The minimum Gasteiger partial charge on any atom is -0.389 e. The lowest BCUT2D eigenvalue weighted by Crippen LogP contribution is -2.50. The van der Waals surface area contributed by atoms with Gasteiger partial charge >= 0.3 is 0 Å². The summed E-state index contributed by atoms with van der Waals surface area (Å²) in [7, 11) is 0. The molecule has 18 heavy (non-hydrogen) atoms. The van der Waals surface area contributed by atoms with Crippen molar-refractivity contribution in [1.29, 1.82) is 0 Å². The fraction of sp³-hybridized carbons (Fsp3) is 0.929. The second-order valence-electron chi connectivity index (χ2n) is 6.03. The quantitative estimate of drug-likeness (QED) is 0.696. The Morgan fingerprint density at radius 2 is 1.89 bits per heavy atom.